The second-order valence-corrected chi connectivity index (χ2v) is 6.08. The van der Waals surface area contributed by atoms with Crippen molar-refractivity contribution in [2.75, 3.05) is 32.4 Å². The molecule has 1 fully saturated rings. The van der Waals surface area contributed by atoms with Gasteiger partial charge in [0, 0.05) is 36.6 Å². The van der Waals surface area contributed by atoms with Gasteiger partial charge < -0.3 is 10.2 Å². The fourth-order valence-electron chi connectivity index (χ4n) is 1.62. The molecular weight excluding hydrogens is 232 g/mol. The van der Waals surface area contributed by atoms with Crippen molar-refractivity contribution in [1.29, 1.82) is 0 Å². The summed E-state index contributed by atoms with van der Waals surface area (Å²) in [6.45, 7) is 6.99. The first kappa shape index (κ1) is 15.1. The SMILES string of the molecule is CNCCC(=O)N1CCSC(C)(C)C1.Cl. The van der Waals surface area contributed by atoms with Gasteiger partial charge in [-0.3, -0.25) is 4.79 Å². The van der Waals surface area contributed by atoms with Crippen LogP contribution in [0.15, 0.2) is 0 Å². The summed E-state index contributed by atoms with van der Waals surface area (Å²) in [6.07, 6.45) is 0.622. The summed E-state index contributed by atoms with van der Waals surface area (Å²) in [5.41, 5.74) is 0. The molecule has 0 unspecified atom stereocenters. The van der Waals surface area contributed by atoms with E-state index >= 15 is 0 Å². The van der Waals surface area contributed by atoms with Gasteiger partial charge in [0.05, 0.1) is 0 Å². The number of carbonyl (C=O) groups excluding carboxylic acids is 1. The van der Waals surface area contributed by atoms with E-state index in [1.165, 1.54) is 0 Å². The Bertz CT molecular complexity index is 212. The van der Waals surface area contributed by atoms with Gasteiger partial charge in [-0.05, 0) is 20.9 Å². The van der Waals surface area contributed by atoms with Crippen LogP contribution in [0, 0.1) is 0 Å². The number of amides is 1. The lowest BCUT2D eigenvalue weighted by molar-refractivity contribution is -0.131. The van der Waals surface area contributed by atoms with Gasteiger partial charge in [0.25, 0.3) is 0 Å². The Morgan fingerprint density at radius 3 is 2.73 bits per heavy atom. The molecule has 0 spiro atoms. The highest BCUT2D eigenvalue weighted by Crippen LogP contribution is 2.29. The second-order valence-electron chi connectivity index (χ2n) is 4.28. The Morgan fingerprint density at radius 2 is 2.20 bits per heavy atom. The van der Waals surface area contributed by atoms with Crippen molar-refractivity contribution in [3.8, 4) is 0 Å². The average molecular weight is 253 g/mol. The standard InChI is InChI=1S/C10H20N2OS.ClH/c1-10(2)8-12(6-7-14-10)9(13)4-5-11-3;/h11H,4-8H2,1-3H3;1H. The van der Waals surface area contributed by atoms with Gasteiger partial charge >= 0.3 is 0 Å². The largest absolute Gasteiger partial charge is 0.340 e. The highest BCUT2D eigenvalue weighted by Gasteiger charge is 2.29. The van der Waals surface area contributed by atoms with Crippen LogP contribution in [0.25, 0.3) is 0 Å². The first-order chi connectivity index (χ1) is 6.55. The average Bonchev–Trinajstić information content (AvgIpc) is 2.12. The van der Waals surface area contributed by atoms with Crippen molar-refractivity contribution in [1.82, 2.24) is 10.2 Å². The van der Waals surface area contributed by atoms with E-state index < -0.39 is 0 Å². The molecular formula is C10H21ClN2OS. The predicted octanol–water partition coefficient (Wildman–Crippen LogP) is 1.37. The molecule has 1 saturated heterocycles. The van der Waals surface area contributed by atoms with E-state index in [4.69, 9.17) is 0 Å². The fraction of sp³-hybridized carbons (Fsp3) is 0.900. The van der Waals surface area contributed by atoms with Crippen LogP contribution in [-0.4, -0.2) is 48.0 Å². The lowest BCUT2D eigenvalue weighted by Crippen LogP contribution is -2.46. The highest BCUT2D eigenvalue weighted by molar-refractivity contribution is 8.00. The maximum Gasteiger partial charge on any atom is 0.223 e. The molecule has 3 nitrogen and oxygen atoms in total. The molecule has 15 heavy (non-hydrogen) atoms. The van der Waals surface area contributed by atoms with Crippen LogP contribution in [0.4, 0.5) is 0 Å². The highest BCUT2D eigenvalue weighted by atomic mass is 35.5. The van der Waals surface area contributed by atoms with Crippen LogP contribution in [-0.2, 0) is 4.79 Å². The third-order valence-corrected chi connectivity index (χ3v) is 3.66. The van der Waals surface area contributed by atoms with Crippen molar-refractivity contribution in [3.63, 3.8) is 0 Å². The molecule has 0 saturated carbocycles. The van der Waals surface area contributed by atoms with E-state index in [0.29, 0.717) is 6.42 Å². The molecule has 0 aromatic rings. The van der Waals surface area contributed by atoms with Crippen molar-refractivity contribution in [3.05, 3.63) is 0 Å². The summed E-state index contributed by atoms with van der Waals surface area (Å²) in [7, 11) is 1.88. The predicted molar refractivity (Wildman–Crippen MR) is 68.9 cm³/mol. The molecule has 0 aromatic carbocycles. The topological polar surface area (TPSA) is 32.3 Å². The molecule has 1 amide bonds. The van der Waals surface area contributed by atoms with Crippen LogP contribution in [0.1, 0.15) is 20.3 Å². The monoisotopic (exact) mass is 252 g/mol. The number of hydrogen-bond donors (Lipinski definition) is 1. The number of nitrogens with one attached hydrogen (secondary N) is 1. The molecule has 1 rings (SSSR count). The van der Waals surface area contributed by atoms with E-state index in [0.717, 1.165) is 25.4 Å². The fourth-order valence-corrected chi connectivity index (χ4v) is 2.73. The molecule has 0 aliphatic carbocycles. The number of nitrogens with zero attached hydrogens (tertiary/aromatic N) is 1. The van der Waals surface area contributed by atoms with Gasteiger partial charge in [-0.25, -0.2) is 0 Å². The quantitative estimate of drug-likeness (QED) is 0.824. The normalized spacial score (nSPS) is 19.5. The smallest absolute Gasteiger partial charge is 0.223 e. The van der Waals surface area contributed by atoms with Crippen LogP contribution in [0.5, 0.6) is 0 Å². The number of halogens is 1. The van der Waals surface area contributed by atoms with Crippen LogP contribution in [0.3, 0.4) is 0 Å². The molecule has 0 atom stereocenters. The van der Waals surface area contributed by atoms with Gasteiger partial charge in [-0.2, -0.15) is 11.8 Å². The van der Waals surface area contributed by atoms with Gasteiger partial charge in [-0.1, -0.05) is 0 Å². The maximum atomic E-state index is 11.7. The molecule has 0 aromatic heterocycles. The molecule has 1 heterocycles. The lowest BCUT2D eigenvalue weighted by Gasteiger charge is -2.37. The first-order valence-electron chi connectivity index (χ1n) is 5.11. The Morgan fingerprint density at radius 1 is 1.53 bits per heavy atom. The number of thioether (sulfide) groups is 1. The zero-order valence-corrected chi connectivity index (χ0v) is 11.3. The summed E-state index contributed by atoms with van der Waals surface area (Å²) >= 11 is 1.96. The third-order valence-electron chi connectivity index (χ3n) is 2.37. The molecule has 1 aliphatic rings. The summed E-state index contributed by atoms with van der Waals surface area (Å²) in [5, 5.41) is 3.01. The second kappa shape index (κ2) is 6.61. The van der Waals surface area contributed by atoms with E-state index in [2.05, 4.69) is 19.2 Å². The molecule has 0 radical (unpaired) electrons. The molecule has 1 aliphatic heterocycles. The van der Waals surface area contributed by atoms with Crippen LogP contribution in [0.2, 0.25) is 0 Å². The molecule has 90 valence electrons. The van der Waals surface area contributed by atoms with E-state index in [1.54, 1.807) is 0 Å². The Labute approximate surface area is 103 Å². The lowest BCUT2D eigenvalue weighted by atomic mass is 10.1. The molecule has 0 bridgehead atoms. The maximum absolute atomic E-state index is 11.7. The van der Waals surface area contributed by atoms with Gasteiger partial charge in [0.2, 0.25) is 5.91 Å². The Kier molecular flexibility index (Phi) is 6.64. The summed E-state index contributed by atoms with van der Waals surface area (Å²) < 4.78 is 0.230. The van der Waals surface area contributed by atoms with Gasteiger partial charge in [-0.15, -0.1) is 12.4 Å². The zero-order chi connectivity index (χ0) is 10.6. The summed E-state index contributed by atoms with van der Waals surface area (Å²) in [5.74, 6) is 1.35. The number of hydrogen-bond acceptors (Lipinski definition) is 3. The minimum absolute atomic E-state index is 0. The van der Waals surface area contributed by atoms with E-state index in [1.807, 2.05) is 23.7 Å². The van der Waals surface area contributed by atoms with Crippen molar-refractivity contribution in [2.45, 2.75) is 25.0 Å². The summed E-state index contributed by atoms with van der Waals surface area (Å²) in [4.78, 5) is 13.7. The van der Waals surface area contributed by atoms with Gasteiger partial charge in [0.1, 0.15) is 0 Å². The number of carbonyl (C=O) groups is 1. The minimum atomic E-state index is 0. The van der Waals surface area contributed by atoms with Crippen molar-refractivity contribution in [2.24, 2.45) is 0 Å². The Balaban J connectivity index is 0.00000196. The first-order valence-corrected chi connectivity index (χ1v) is 6.10. The third kappa shape index (κ3) is 5.09. The number of rotatable bonds is 3. The Hall–Kier alpha value is 0.0700. The van der Waals surface area contributed by atoms with E-state index in [-0.39, 0.29) is 23.1 Å². The van der Waals surface area contributed by atoms with Crippen molar-refractivity contribution < 1.29 is 4.79 Å². The van der Waals surface area contributed by atoms with Gasteiger partial charge in [0.15, 0.2) is 0 Å². The van der Waals surface area contributed by atoms with Crippen LogP contribution < -0.4 is 5.32 Å². The zero-order valence-electron chi connectivity index (χ0n) is 9.71. The van der Waals surface area contributed by atoms with E-state index in [9.17, 15) is 4.79 Å². The summed E-state index contributed by atoms with van der Waals surface area (Å²) in [6, 6.07) is 0. The minimum Gasteiger partial charge on any atom is -0.340 e. The molecule has 1 N–H and O–H groups in total. The molecule has 5 heteroatoms. The van der Waals surface area contributed by atoms with Crippen molar-refractivity contribution >= 4 is 30.1 Å². The van der Waals surface area contributed by atoms with Crippen LogP contribution >= 0.6 is 24.2 Å².